The van der Waals surface area contributed by atoms with E-state index in [2.05, 4.69) is 0 Å². The number of hydrogen-bond acceptors (Lipinski definition) is 26. The van der Waals surface area contributed by atoms with Gasteiger partial charge in [0.1, 0.15) is 12.7 Å². The van der Waals surface area contributed by atoms with Crippen LogP contribution in [0.4, 0.5) is 0 Å². The van der Waals surface area contributed by atoms with E-state index in [4.69, 9.17) is 23.7 Å². The molecule has 0 aromatic heterocycles. The van der Waals surface area contributed by atoms with Crippen LogP contribution in [-0.4, -0.2) is 143 Å². The van der Waals surface area contributed by atoms with E-state index in [-0.39, 0.29) is 0 Å². The summed E-state index contributed by atoms with van der Waals surface area (Å²) in [7, 11) is 0. The number of esters is 5. The maximum absolute atomic E-state index is 14.6. The Kier molecular flexibility index (Phi) is 10.1. The molecule has 0 radical (unpaired) electrons. The summed E-state index contributed by atoms with van der Waals surface area (Å²) in [5.74, 6) is -29.6. The number of carbonyl (C=O) groups excluding carboxylic acids is 5. The second-order valence-electron chi connectivity index (χ2n) is 14.7. The fourth-order valence-corrected chi connectivity index (χ4v) is 7.72. The second-order valence-corrected chi connectivity index (χ2v) is 14.7. The number of aliphatic hydroxyl groups excluding tert-OH is 1. The average molecular weight is 937 g/mol. The molecule has 0 spiro atoms. The Morgan fingerprint density at radius 2 is 0.836 bits per heavy atom. The van der Waals surface area contributed by atoms with Crippen molar-refractivity contribution in [2.24, 2.45) is 0 Å². The van der Waals surface area contributed by atoms with Gasteiger partial charge in [-0.2, -0.15) is 0 Å². The maximum Gasteiger partial charge on any atom is 0.339 e. The predicted octanol–water partition coefficient (Wildman–Crippen LogP) is 1.34. The molecule has 5 atom stereocenters. The normalized spacial score (nSPS) is 19.9. The van der Waals surface area contributed by atoms with Gasteiger partial charge in [-0.25, -0.2) is 24.0 Å². The van der Waals surface area contributed by atoms with Gasteiger partial charge in [-0.1, -0.05) is 0 Å². The Balaban J connectivity index is 1.42. The zero-order valence-corrected chi connectivity index (χ0v) is 32.7. The molecule has 5 aromatic rings. The van der Waals surface area contributed by atoms with Gasteiger partial charge < -0.3 is 105 Å². The Morgan fingerprint density at radius 1 is 0.433 bits per heavy atom. The molecular weight excluding hydrogens is 908 g/mol. The minimum absolute atomic E-state index is 0.331. The largest absolute Gasteiger partial charge is 0.504 e. The molecule has 67 heavy (non-hydrogen) atoms. The first kappa shape index (κ1) is 44.0. The SMILES string of the molecule is O=C(O[C@@H]1COC(=O)c2cc(O)c(O)c(O)c2-c2c(cc(O)c(O)c2O)C(=O)OC1C1OC(=O)c2cc(O)c(O)c(O)c2-c2c(O)c(O)c(O)c3c2C(=O)OC1[C@H]3O)c1cc(O)c(O)c(O)c1. The molecule has 0 saturated heterocycles. The lowest BCUT2D eigenvalue weighted by Crippen LogP contribution is -2.56. The summed E-state index contributed by atoms with van der Waals surface area (Å²) >= 11 is 0. The number of aliphatic hydroxyl groups is 1. The quantitative estimate of drug-likeness (QED) is 0.0689. The third kappa shape index (κ3) is 6.57. The fraction of sp³-hybridized carbons (Fsp3) is 0.146. The van der Waals surface area contributed by atoms with Gasteiger partial charge in [-0.3, -0.25) is 0 Å². The minimum atomic E-state index is -2.79. The summed E-state index contributed by atoms with van der Waals surface area (Å²) in [4.78, 5) is 70.9. The number of rotatable bonds is 3. The molecule has 0 aliphatic carbocycles. The topological polar surface area (TPSA) is 455 Å². The molecule has 348 valence electrons. The van der Waals surface area contributed by atoms with E-state index in [1.807, 2.05) is 0 Å². The van der Waals surface area contributed by atoms with Crippen LogP contribution in [0.25, 0.3) is 22.3 Å². The lowest BCUT2D eigenvalue weighted by molar-refractivity contribution is -0.154. The zero-order chi connectivity index (χ0) is 49.0. The first-order chi connectivity index (χ1) is 31.5. The van der Waals surface area contributed by atoms with Gasteiger partial charge in [0.2, 0.25) is 23.0 Å². The average Bonchev–Trinajstić information content (AvgIpc) is 3.29. The van der Waals surface area contributed by atoms with Crippen molar-refractivity contribution in [1.82, 2.24) is 0 Å². The van der Waals surface area contributed by atoms with Gasteiger partial charge in [-0.15, -0.1) is 0 Å². The number of ether oxygens (including phenoxy) is 5. The number of phenols is 15. The Labute approximate surface area is 368 Å². The highest BCUT2D eigenvalue weighted by Gasteiger charge is 2.54. The van der Waals surface area contributed by atoms with Gasteiger partial charge in [0.15, 0.2) is 87.7 Å². The van der Waals surface area contributed by atoms with Crippen molar-refractivity contribution in [2.75, 3.05) is 6.61 Å². The van der Waals surface area contributed by atoms with E-state index < -0.39 is 209 Å². The van der Waals surface area contributed by atoms with Crippen molar-refractivity contribution in [1.29, 1.82) is 0 Å². The third-order valence-corrected chi connectivity index (χ3v) is 10.9. The number of hydrogen-bond donors (Lipinski definition) is 16. The molecule has 26 nitrogen and oxygen atoms in total. The molecule has 9 rings (SSSR count). The van der Waals surface area contributed by atoms with Crippen molar-refractivity contribution < 1.29 is 129 Å². The molecule has 4 heterocycles. The number of carbonyl (C=O) groups is 5. The summed E-state index contributed by atoms with van der Waals surface area (Å²) in [5, 5.41) is 172. The van der Waals surface area contributed by atoms with Crippen LogP contribution in [0.15, 0.2) is 30.3 Å². The van der Waals surface area contributed by atoms with Crippen LogP contribution in [-0.2, 0) is 23.7 Å². The van der Waals surface area contributed by atoms with Crippen molar-refractivity contribution in [3.63, 3.8) is 0 Å². The first-order valence-electron chi connectivity index (χ1n) is 18.6. The molecule has 0 amide bonds. The number of aromatic hydroxyl groups is 15. The molecule has 5 aromatic carbocycles. The van der Waals surface area contributed by atoms with Crippen LogP contribution >= 0.6 is 0 Å². The van der Waals surface area contributed by atoms with Crippen LogP contribution < -0.4 is 0 Å². The molecule has 4 aliphatic rings. The van der Waals surface area contributed by atoms with Crippen LogP contribution in [0, 0.1) is 0 Å². The minimum Gasteiger partial charge on any atom is -0.504 e. The summed E-state index contributed by atoms with van der Waals surface area (Å²) in [6.45, 7) is -1.50. The number of benzene rings is 5. The first-order valence-corrected chi connectivity index (χ1v) is 18.6. The lowest BCUT2D eigenvalue weighted by atomic mass is 9.82. The van der Waals surface area contributed by atoms with E-state index in [1.165, 1.54) is 0 Å². The fourth-order valence-electron chi connectivity index (χ4n) is 7.72. The number of phenolic OH excluding ortho intramolecular Hbond substituents is 15. The van der Waals surface area contributed by atoms with Crippen LogP contribution in [0.2, 0.25) is 0 Å². The van der Waals surface area contributed by atoms with E-state index in [1.54, 1.807) is 0 Å². The molecule has 4 aliphatic heterocycles. The highest BCUT2D eigenvalue weighted by atomic mass is 16.6. The standard InChI is InChI=1S/C41H28O26/c42-11-1-7(2-12(43)23(11)47)37(58)64-16-6-63-38(59)8-3-13(44)24(48)27(51)17(8)18-9(4-14(45)25(49)28(18)52)39(60)65-34(16)36-35-32(56)22-21(41(62)66-35)20(30(54)33(57)31(22)55)19-10(40(61)67-36)5-15(46)26(50)29(19)53/h1-5,16,32,34-36,42-57H,6H2/t16-,32+,34?,35?,36?/m1/s1. The number of fused-ring (bicyclic) bond motifs is 6. The van der Waals surface area contributed by atoms with Crippen molar-refractivity contribution in [2.45, 2.75) is 30.5 Å². The third-order valence-electron chi connectivity index (χ3n) is 10.9. The number of cyclic esters (lactones) is 2. The Bertz CT molecular complexity index is 3060. The van der Waals surface area contributed by atoms with Crippen molar-refractivity contribution in [3.8, 4) is 108 Å². The molecule has 0 saturated carbocycles. The monoisotopic (exact) mass is 936 g/mol. The van der Waals surface area contributed by atoms with Gasteiger partial charge in [0, 0.05) is 27.8 Å². The lowest BCUT2D eigenvalue weighted by Gasteiger charge is -2.40. The zero-order valence-electron chi connectivity index (χ0n) is 32.7. The Morgan fingerprint density at radius 3 is 1.33 bits per heavy atom. The smallest absolute Gasteiger partial charge is 0.339 e. The van der Waals surface area contributed by atoms with E-state index in [9.17, 15) is 106 Å². The maximum atomic E-state index is 14.6. The van der Waals surface area contributed by atoms with Gasteiger partial charge in [0.25, 0.3) is 0 Å². The molecule has 4 bridgehead atoms. The van der Waals surface area contributed by atoms with E-state index in [0.717, 1.165) is 0 Å². The molecule has 3 unspecified atom stereocenters. The predicted molar refractivity (Wildman–Crippen MR) is 207 cm³/mol. The highest BCUT2D eigenvalue weighted by molar-refractivity contribution is 6.11. The van der Waals surface area contributed by atoms with Crippen LogP contribution in [0.3, 0.4) is 0 Å². The summed E-state index contributed by atoms with van der Waals surface area (Å²) < 4.78 is 27.6. The summed E-state index contributed by atoms with van der Waals surface area (Å²) in [6, 6.07) is 2.15. The van der Waals surface area contributed by atoms with Crippen molar-refractivity contribution in [3.05, 3.63) is 63.7 Å². The summed E-state index contributed by atoms with van der Waals surface area (Å²) in [6.07, 6.45) is -13.4. The molecular formula is C41H28O26. The van der Waals surface area contributed by atoms with Crippen molar-refractivity contribution >= 4 is 29.8 Å². The van der Waals surface area contributed by atoms with E-state index in [0.29, 0.717) is 30.3 Å². The highest BCUT2D eigenvalue weighted by Crippen LogP contribution is 2.58. The van der Waals surface area contributed by atoms with Gasteiger partial charge in [-0.05, 0) is 30.3 Å². The van der Waals surface area contributed by atoms with Gasteiger partial charge in [0.05, 0.1) is 27.8 Å². The van der Waals surface area contributed by atoms with E-state index >= 15 is 0 Å². The Hall–Kier alpha value is -9.59. The molecule has 0 fully saturated rings. The second kappa shape index (κ2) is 15.3. The molecule has 26 heteroatoms. The molecule has 16 N–H and O–H groups in total. The van der Waals surface area contributed by atoms with Crippen LogP contribution in [0.5, 0.6) is 86.2 Å². The summed E-state index contributed by atoms with van der Waals surface area (Å²) in [5.41, 5.74) is -11.0. The van der Waals surface area contributed by atoms with Gasteiger partial charge >= 0.3 is 29.8 Å². The van der Waals surface area contributed by atoms with Crippen LogP contribution in [0.1, 0.15) is 63.5 Å².